The van der Waals surface area contributed by atoms with Crippen molar-refractivity contribution in [1.82, 2.24) is 14.5 Å². The van der Waals surface area contributed by atoms with Crippen molar-refractivity contribution in [3.05, 3.63) is 41.7 Å². The van der Waals surface area contributed by atoms with Crippen molar-refractivity contribution in [3.63, 3.8) is 0 Å². The average Bonchev–Trinajstić information content (AvgIpc) is 3.36. The van der Waals surface area contributed by atoms with Gasteiger partial charge in [-0.3, -0.25) is 0 Å². The molecule has 0 bridgehead atoms. The van der Waals surface area contributed by atoms with E-state index in [9.17, 15) is 13.2 Å². The minimum atomic E-state index is -4.50. The third-order valence-electron chi connectivity index (χ3n) is 4.87. The molecule has 0 aliphatic carbocycles. The van der Waals surface area contributed by atoms with Crippen LogP contribution < -0.4 is 10.1 Å². The summed E-state index contributed by atoms with van der Waals surface area (Å²) in [5.74, 6) is -0.138. The number of aryl methyl sites for hydroxylation is 1. The zero-order valence-electron chi connectivity index (χ0n) is 17.7. The molecule has 0 spiro atoms. The Hall–Kier alpha value is -2.55. The van der Waals surface area contributed by atoms with E-state index in [1.165, 1.54) is 23.8 Å². The van der Waals surface area contributed by atoms with Crippen molar-refractivity contribution in [1.29, 1.82) is 0 Å². The Kier molecular flexibility index (Phi) is 7.95. The molecular formula is C22H27F3N4OS. The van der Waals surface area contributed by atoms with E-state index in [2.05, 4.69) is 22.2 Å². The Morgan fingerprint density at radius 3 is 2.61 bits per heavy atom. The molecule has 0 aliphatic heterocycles. The van der Waals surface area contributed by atoms with E-state index in [4.69, 9.17) is 4.74 Å². The van der Waals surface area contributed by atoms with E-state index in [0.717, 1.165) is 43.9 Å². The standard InChI is InChI=1S/C22H27F3N4OS/c1-3-4-5-6-7-8-11-30-20-10-9-16(12-17(20)22(23,24)25)27-21-28-18(14-31-21)19-13-26-15-29(19)2/h9-10,12-15H,3-8,11H2,1-2H3,(H,27,28). The summed E-state index contributed by atoms with van der Waals surface area (Å²) >= 11 is 1.32. The summed E-state index contributed by atoms with van der Waals surface area (Å²) in [5.41, 5.74) is 1.07. The van der Waals surface area contributed by atoms with Gasteiger partial charge in [0.25, 0.3) is 0 Å². The normalized spacial score (nSPS) is 11.6. The van der Waals surface area contributed by atoms with Crippen molar-refractivity contribution in [2.45, 2.75) is 51.6 Å². The number of imidazole rings is 1. The summed E-state index contributed by atoms with van der Waals surface area (Å²) in [4.78, 5) is 8.51. The molecular weight excluding hydrogens is 425 g/mol. The molecule has 0 atom stereocenters. The summed E-state index contributed by atoms with van der Waals surface area (Å²) in [6.07, 6.45) is 5.16. The molecule has 0 unspecified atom stereocenters. The number of anilines is 2. The molecule has 9 heteroatoms. The molecule has 2 heterocycles. The molecule has 2 aromatic heterocycles. The first-order chi connectivity index (χ1) is 14.9. The van der Waals surface area contributed by atoms with Gasteiger partial charge in [-0.05, 0) is 24.6 Å². The Balaban J connectivity index is 1.64. The van der Waals surface area contributed by atoms with Gasteiger partial charge >= 0.3 is 6.18 Å². The Morgan fingerprint density at radius 2 is 1.90 bits per heavy atom. The number of ether oxygens (including phenoxy) is 1. The fourth-order valence-electron chi connectivity index (χ4n) is 3.20. The zero-order valence-corrected chi connectivity index (χ0v) is 18.5. The highest BCUT2D eigenvalue weighted by atomic mass is 32.1. The maximum Gasteiger partial charge on any atom is 0.420 e. The lowest BCUT2D eigenvalue weighted by atomic mass is 10.1. The van der Waals surface area contributed by atoms with Crippen molar-refractivity contribution in [2.24, 2.45) is 7.05 Å². The van der Waals surface area contributed by atoms with E-state index in [-0.39, 0.29) is 12.4 Å². The van der Waals surface area contributed by atoms with Crippen molar-refractivity contribution in [3.8, 4) is 17.1 Å². The smallest absolute Gasteiger partial charge is 0.420 e. The molecule has 3 rings (SSSR count). The average molecular weight is 453 g/mol. The van der Waals surface area contributed by atoms with Crippen LogP contribution in [0.25, 0.3) is 11.4 Å². The third kappa shape index (κ3) is 6.46. The molecule has 31 heavy (non-hydrogen) atoms. The number of benzene rings is 1. The van der Waals surface area contributed by atoms with Gasteiger partial charge in [0.1, 0.15) is 11.4 Å². The summed E-state index contributed by atoms with van der Waals surface area (Å²) in [6, 6.07) is 4.02. The molecule has 0 radical (unpaired) electrons. The number of nitrogens with one attached hydrogen (secondary N) is 1. The Bertz CT molecular complexity index is 968. The minimum Gasteiger partial charge on any atom is -0.493 e. The number of unbranched alkanes of at least 4 members (excludes halogenated alkanes) is 5. The van der Waals surface area contributed by atoms with Crippen LogP contribution >= 0.6 is 11.3 Å². The van der Waals surface area contributed by atoms with Crippen LogP contribution in [0, 0.1) is 0 Å². The first-order valence-corrected chi connectivity index (χ1v) is 11.3. The SMILES string of the molecule is CCCCCCCCOc1ccc(Nc2nc(-c3cncn3C)cs2)cc1C(F)(F)F. The molecule has 0 amide bonds. The minimum absolute atomic E-state index is 0.138. The molecule has 168 valence electrons. The highest BCUT2D eigenvalue weighted by Gasteiger charge is 2.34. The first-order valence-electron chi connectivity index (χ1n) is 10.4. The molecule has 5 nitrogen and oxygen atoms in total. The van der Waals surface area contributed by atoms with Gasteiger partial charge in [0.15, 0.2) is 5.13 Å². The monoisotopic (exact) mass is 452 g/mol. The lowest BCUT2D eigenvalue weighted by Gasteiger charge is -2.15. The van der Waals surface area contributed by atoms with E-state index in [1.54, 1.807) is 18.6 Å². The second-order valence-corrected chi connectivity index (χ2v) is 8.24. The van der Waals surface area contributed by atoms with E-state index >= 15 is 0 Å². The zero-order chi connectivity index (χ0) is 22.3. The molecule has 1 aromatic carbocycles. The number of halogens is 3. The van der Waals surface area contributed by atoms with Gasteiger partial charge in [-0.1, -0.05) is 39.0 Å². The van der Waals surface area contributed by atoms with Gasteiger partial charge in [0.05, 0.1) is 30.4 Å². The van der Waals surface area contributed by atoms with Crippen LogP contribution in [0.3, 0.4) is 0 Å². The summed E-state index contributed by atoms with van der Waals surface area (Å²) < 4.78 is 48.1. The largest absolute Gasteiger partial charge is 0.493 e. The van der Waals surface area contributed by atoms with Crippen LogP contribution in [0.5, 0.6) is 5.75 Å². The third-order valence-corrected chi connectivity index (χ3v) is 5.63. The Labute approximate surface area is 184 Å². The second kappa shape index (κ2) is 10.7. The molecule has 0 saturated carbocycles. The number of aromatic nitrogens is 3. The van der Waals surface area contributed by atoms with Crippen LogP contribution in [0.4, 0.5) is 24.0 Å². The van der Waals surface area contributed by atoms with Gasteiger partial charge in [-0.2, -0.15) is 13.2 Å². The van der Waals surface area contributed by atoms with Crippen LogP contribution in [-0.4, -0.2) is 21.1 Å². The van der Waals surface area contributed by atoms with Crippen LogP contribution in [0.2, 0.25) is 0 Å². The number of hydrogen-bond acceptors (Lipinski definition) is 5. The Morgan fingerprint density at radius 1 is 1.13 bits per heavy atom. The van der Waals surface area contributed by atoms with Crippen molar-refractivity contribution < 1.29 is 17.9 Å². The van der Waals surface area contributed by atoms with Gasteiger partial charge in [0.2, 0.25) is 0 Å². The molecule has 0 fully saturated rings. The molecule has 3 aromatic rings. The highest BCUT2D eigenvalue weighted by Crippen LogP contribution is 2.39. The molecule has 0 saturated heterocycles. The van der Waals surface area contributed by atoms with Crippen molar-refractivity contribution >= 4 is 22.2 Å². The van der Waals surface area contributed by atoms with Crippen LogP contribution in [0.1, 0.15) is 51.0 Å². The van der Waals surface area contributed by atoms with Crippen molar-refractivity contribution in [2.75, 3.05) is 11.9 Å². The fraction of sp³-hybridized carbons (Fsp3) is 0.455. The number of thiazole rings is 1. The lowest BCUT2D eigenvalue weighted by molar-refractivity contribution is -0.138. The van der Waals surface area contributed by atoms with Gasteiger partial charge < -0.3 is 14.6 Å². The lowest BCUT2D eigenvalue weighted by Crippen LogP contribution is -2.10. The van der Waals surface area contributed by atoms with E-state index in [0.29, 0.717) is 16.5 Å². The summed E-state index contributed by atoms with van der Waals surface area (Å²) in [6.45, 7) is 2.43. The van der Waals surface area contributed by atoms with Gasteiger partial charge in [-0.15, -0.1) is 11.3 Å². The predicted molar refractivity (Wildman–Crippen MR) is 118 cm³/mol. The molecule has 0 aliphatic rings. The maximum absolute atomic E-state index is 13.6. The van der Waals surface area contributed by atoms with Crippen LogP contribution in [0.15, 0.2) is 36.1 Å². The van der Waals surface area contributed by atoms with E-state index in [1.807, 2.05) is 17.0 Å². The highest BCUT2D eigenvalue weighted by molar-refractivity contribution is 7.14. The fourth-order valence-corrected chi connectivity index (χ4v) is 3.92. The summed E-state index contributed by atoms with van der Waals surface area (Å²) in [5, 5.41) is 5.30. The summed E-state index contributed by atoms with van der Waals surface area (Å²) in [7, 11) is 1.86. The van der Waals surface area contributed by atoms with E-state index < -0.39 is 11.7 Å². The van der Waals surface area contributed by atoms with Gasteiger partial charge in [-0.25, -0.2) is 9.97 Å². The maximum atomic E-state index is 13.6. The first kappa shape index (κ1) is 23.1. The quantitative estimate of drug-likeness (QED) is 0.317. The van der Waals surface area contributed by atoms with Crippen LogP contribution in [-0.2, 0) is 13.2 Å². The topological polar surface area (TPSA) is 52.0 Å². The number of nitrogens with zero attached hydrogens (tertiary/aromatic N) is 3. The van der Waals surface area contributed by atoms with Gasteiger partial charge in [0, 0.05) is 18.1 Å². The number of rotatable bonds is 11. The number of hydrogen-bond donors (Lipinski definition) is 1. The predicted octanol–water partition coefficient (Wildman–Crippen LogP) is 7.05. The number of alkyl halides is 3. The second-order valence-electron chi connectivity index (χ2n) is 7.38. The molecule has 1 N–H and O–H groups in total.